The number of rotatable bonds is 2. The zero-order valence-electron chi connectivity index (χ0n) is 8.32. The van der Waals surface area contributed by atoms with Crippen molar-refractivity contribution in [2.24, 2.45) is 5.92 Å². The van der Waals surface area contributed by atoms with E-state index in [-0.39, 0.29) is 11.8 Å². The Balaban J connectivity index is 2.29. The molecule has 15 heavy (non-hydrogen) atoms. The maximum absolute atomic E-state index is 11.7. The van der Waals surface area contributed by atoms with E-state index in [1.54, 1.807) is 11.0 Å². The fourth-order valence-corrected chi connectivity index (χ4v) is 2.03. The molecule has 0 N–H and O–H groups in total. The van der Waals surface area contributed by atoms with E-state index in [2.05, 4.69) is 6.58 Å². The minimum atomic E-state index is 0.119. The van der Waals surface area contributed by atoms with Crippen molar-refractivity contribution in [3.05, 3.63) is 41.9 Å². The van der Waals surface area contributed by atoms with Gasteiger partial charge in [0.2, 0.25) is 5.91 Å². The molecule has 0 aliphatic carbocycles. The van der Waals surface area contributed by atoms with Gasteiger partial charge in [-0.1, -0.05) is 29.8 Å². The Morgan fingerprint density at radius 1 is 1.47 bits per heavy atom. The molecule has 1 aliphatic heterocycles. The molecule has 1 amide bonds. The molecular formula is C12H12ClNO. The lowest BCUT2D eigenvalue weighted by Gasteiger charge is -2.17. The predicted molar refractivity (Wildman–Crippen MR) is 62.1 cm³/mol. The molecule has 0 saturated carbocycles. The summed E-state index contributed by atoms with van der Waals surface area (Å²) in [6.07, 6.45) is 2.36. The van der Waals surface area contributed by atoms with E-state index in [0.29, 0.717) is 18.0 Å². The fraction of sp³-hybridized carbons (Fsp3) is 0.250. The predicted octanol–water partition coefficient (Wildman–Crippen LogP) is 2.88. The van der Waals surface area contributed by atoms with E-state index < -0.39 is 0 Å². The van der Waals surface area contributed by atoms with Crippen LogP contribution in [0.15, 0.2) is 36.9 Å². The Kier molecular flexibility index (Phi) is 2.78. The van der Waals surface area contributed by atoms with Gasteiger partial charge >= 0.3 is 0 Å². The highest BCUT2D eigenvalue weighted by Crippen LogP contribution is 2.30. The summed E-state index contributed by atoms with van der Waals surface area (Å²) in [5.41, 5.74) is 0.800. The molecule has 1 fully saturated rings. The van der Waals surface area contributed by atoms with Gasteiger partial charge in [0.05, 0.1) is 10.7 Å². The Morgan fingerprint density at radius 2 is 2.20 bits per heavy atom. The van der Waals surface area contributed by atoms with Crippen molar-refractivity contribution in [3.63, 3.8) is 0 Å². The van der Waals surface area contributed by atoms with Crippen LogP contribution in [0.3, 0.4) is 0 Å². The molecule has 1 aromatic carbocycles. The van der Waals surface area contributed by atoms with Crippen LogP contribution >= 0.6 is 11.6 Å². The number of carbonyl (C=O) groups excluding carboxylic acids is 1. The minimum Gasteiger partial charge on any atom is -0.310 e. The third-order valence-corrected chi connectivity index (χ3v) is 2.95. The highest BCUT2D eigenvalue weighted by molar-refractivity contribution is 6.33. The van der Waals surface area contributed by atoms with Crippen molar-refractivity contribution >= 4 is 23.2 Å². The normalized spacial score (nSPS) is 20.7. The summed E-state index contributed by atoms with van der Waals surface area (Å²) in [7, 11) is 0. The van der Waals surface area contributed by atoms with Gasteiger partial charge in [-0.3, -0.25) is 4.79 Å². The molecule has 0 aromatic heterocycles. The fourth-order valence-electron chi connectivity index (χ4n) is 1.80. The Morgan fingerprint density at radius 3 is 2.80 bits per heavy atom. The summed E-state index contributed by atoms with van der Waals surface area (Å²) in [5, 5.41) is 0.621. The van der Waals surface area contributed by atoms with E-state index in [1.807, 2.05) is 24.3 Å². The molecule has 0 radical (unpaired) electrons. The summed E-state index contributed by atoms with van der Waals surface area (Å²) in [6.45, 7) is 4.40. The second-order valence-corrected chi connectivity index (χ2v) is 4.06. The topological polar surface area (TPSA) is 20.3 Å². The molecule has 2 rings (SSSR count). The number of halogens is 1. The van der Waals surface area contributed by atoms with E-state index in [4.69, 9.17) is 11.6 Å². The Bertz CT molecular complexity index is 402. The van der Waals surface area contributed by atoms with Crippen LogP contribution in [0.2, 0.25) is 5.02 Å². The highest BCUT2D eigenvalue weighted by Gasteiger charge is 2.29. The van der Waals surface area contributed by atoms with Gasteiger partial charge in [-0.2, -0.15) is 0 Å². The molecule has 1 atom stereocenters. The van der Waals surface area contributed by atoms with E-state index in [1.165, 1.54) is 0 Å². The van der Waals surface area contributed by atoms with Gasteiger partial charge in [-0.15, -0.1) is 6.58 Å². The van der Waals surface area contributed by atoms with Gasteiger partial charge in [0.1, 0.15) is 0 Å². The van der Waals surface area contributed by atoms with Gasteiger partial charge in [-0.05, 0) is 12.1 Å². The Hall–Kier alpha value is -1.28. The summed E-state index contributed by atoms with van der Waals surface area (Å²) in [5.74, 6) is 0.363. The van der Waals surface area contributed by atoms with Crippen molar-refractivity contribution in [2.75, 3.05) is 11.4 Å². The van der Waals surface area contributed by atoms with Crippen LogP contribution in [0.25, 0.3) is 0 Å². The lowest BCUT2D eigenvalue weighted by atomic mass is 10.1. The third kappa shape index (κ3) is 1.90. The van der Waals surface area contributed by atoms with Gasteiger partial charge in [0, 0.05) is 18.9 Å². The van der Waals surface area contributed by atoms with Crippen molar-refractivity contribution < 1.29 is 4.79 Å². The standard InChI is InChI=1S/C12H12ClNO/c1-2-9-7-12(15)14(8-9)11-6-4-3-5-10(11)13/h2-6,9H,1,7-8H2. The molecule has 1 unspecified atom stereocenters. The summed E-state index contributed by atoms with van der Waals surface area (Å²) in [4.78, 5) is 13.4. The van der Waals surface area contributed by atoms with Gasteiger partial charge in [0.15, 0.2) is 0 Å². The third-order valence-electron chi connectivity index (χ3n) is 2.63. The number of anilines is 1. The zero-order chi connectivity index (χ0) is 10.8. The second kappa shape index (κ2) is 4.07. The van der Waals surface area contributed by atoms with E-state index >= 15 is 0 Å². The van der Waals surface area contributed by atoms with Crippen LogP contribution in [0, 0.1) is 5.92 Å². The van der Waals surface area contributed by atoms with Crippen molar-refractivity contribution in [3.8, 4) is 0 Å². The summed E-state index contributed by atoms with van der Waals surface area (Å²) in [6, 6.07) is 7.41. The van der Waals surface area contributed by atoms with Crippen molar-refractivity contribution in [1.82, 2.24) is 0 Å². The lowest BCUT2D eigenvalue weighted by Crippen LogP contribution is -2.24. The highest BCUT2D eigenvalue weighted by atomic mass is 35.5. The number of para-hydroxylation sites is 1. The zero-order valence-corrected chi connectivity index (χ0v) is 9.07. The number of hydrogen-bond acceptors (Lipinski definition) is 1. The average molecular weight is 222 g/mol. The molecule has 0 bridgehead atoms. The number of carbonyl (C=O) groups is 1. The number of hydrogen-bond donors (Lipinski definition) is 0. The van der Waals surface area contributed by atoms with E-state index in [9.17, 15) is 4.79 Å². The van der Waals surface area contributed by atoms with Crippen molar-refractivity contribution in [2.45, 2.75) is 6.42 Å². The maximum atomic E-state index is 11.7. The first kappa shape index (κ1) is 10.2. The average Bonchev–Trinajstić information content (AvgIpc) is 2.60. The van der Waals surface area contributed by atoms with Crippen LogP contribution in [-0.2, 0) is 4.79 Å². The largest absolute Gasteiger partial charge is 0.310 e. The first-order chi connectivity index (χ1) is 7.22. The first-order valence-electron chi connectivity index (χ1n) is 4.90. The smallest absolute Gasteiger partial charge is 0.227 e. The minimum absolute atomic E-state index is 0.119. The van der Waals surface area contributed by atoms with Crippen LogP contribution in [-0.4, -0.2) is 12.5 Å². The number of amides is 1. The SMILES string of the molecule is C=CC1CC(=O)N(c2ccccc2Cl)C1. The van der Waals surface area contributed by atoms with Crippen LogP contribution in [0.5, 0.6) is 0 Å². The van der Waals surface area contributed by atoms with Crippen molar-refractivity contribution in [1.29, 1.82) is 0 Å². The summed E-state index contributed by atoms with van der Waals surface area (Å²) < 4.78 is 0. The van der Waals surface area contributed by atoms with E-state index in [0.717, 1.165) is 5.69 Å². The van der Waals surface area contributed by atoms with Crippen LogP contribution < -0.4 is 4.90 Å². The molecule has 1 aliphatic rings. The van der Waals surface area contributed by atoms with Gasteiger partial charge in [0.25, 0.3) is 0 Å². The van der Waals surface area contributed by atoms with Crippen LogP contribution in [0.1, 0.15) is 6.42 Å². The monoisotopic (exact) mass is 221 g/mol. The molecular weight excluding hydrogens is 210 g/mol. The molecule has 1 heterocycles. The Labute approximate surface area is 94.2 Å². The number of nitrogens with zero attached hydrogens (tertiary/aromatic N) is 1. The molecule has 78 valence electrons. The number of benzene rings is 1. The molecule has 1 saturated heterocycles. The quantitative estimate of drug-likeness (QED) is 0.704. The molecule has 2 nitrogen and oxygen atoms in total. The van der Waals surface area contributed by atoms with Gasteiger partial charge in [-0.25, -0.2) is 0 Å². The molecule has 3 heteroatoms. The van der Waals surface area contributed by atoms with Crippen LogP contribution in [0.4, 0.5) is 5.69 Å². The first-order valence-corrected chi connectivity index (χ1v) is 5.27. The summed E-state index contributed by atoms with van der Waals surface area (Å²) >= 11 is 6.04. The maximum Gasteiger partial charge on any atom is 0.227 e. The molecule has 1 aromatic rings. The lowest BCUT2D eigenvalue weighted by molar-refractivity contribution is -0.117. The molecule has 0 spiro atoms. The second-order valence-electron chi connectivity index (χ2n) is 3.66. The van der Waals surface area contributed by atoms with Gasteiger partial charge < -0.3 is 4.90 Å².